The van der Waals surface area contributed by atoms with Crippen LogP contribution in [0.1, 0.15) is 0 Å². The Morgan fingerprint density at radius 3 is 2.62 bits per heavy atom. The van der Waals surface area contributed by atoms with Gasteiger partial charge in [0.15, 0.2) is 11.9 Å². The number of aliphatic hydroxyl groups excluding tert-OH is 3. The van der Waals surface area contributed by atoms with E-state index in [1.165, 1.54) is 7.11 Å². The molecule has 0 unspecified atom stereocenters. The largest absolute Gasteiger partial charge is 0.393 e. The molecule has 0 aromatic rings. The fourth-order valence-electron chi connectivity index (χ4n) is 1.33. The molecular formula is C7H14O6. The summed E-state index contributed by atoms with van der Waals surface area (Å²) in [5, 5.41) is 37.1. The maximum absolute atomic E-state index is 9.67. The quantitative estimate of drug-likeness (QED) is 0.386. The molecule has 0 aliphatic carbocycles. The average molecular weight is 194 g/mol. The number of hydrogen-bond acceptors (Lipinski definition) is 6. The summed E-state index contributed by atoms with van der Waals surface area (Å²) in [6.45, 7) is -0.883. The minimum absolute atomic E-state index is 0.137. The Labute approximate surface area is 75.3 Å². The average Bonchev–Trinajstić information content (AvgIpc) is 2.15. The molecule has 0 saturated carbocycles. The predicted octanol–water partition coefficient (Wildman–Crippen LogP) is -2.57. The lowest BCUT2D eigenvalue weighted by molar-refractivity contribution is -0.317. The van der Waals surface area contributed by atoms with E-state index in [4.69, 9.17) is 19.7 Å². The van der Waals surface area contributed by atoms with Crippen molar-refractivity contribution in [2.24, 2.45) is 0 Å². The van der Waals surface area contributed by atoms with Gasteiger partial charge in [-0.3, -0.25) is 0 Å². The van der Waals surface area contributed by atoms with E-state index in [1.54, 1.807) is 0 Å². The summed E-state index contributed by atoms with van der Waals surface area (Å²) >= 11 is 0. The first-order valence-corrected chi connectivity index (χ1v) is 3.90. The first kappa shape index (κ1) is 10.8. The molecule has 0 radical (unpaired) electrons. The molecule has 0 aromatic heterocycles. The highest BCUT2D eigenvalue weighted by atomic mass is 16.7. The van der Waals surface area contributed by atoms with E-state index in [9.17, 15) is 10.2 Å². The highest BCUT2D eigenvalue weighted by Gasteiger charge is 2.51. The maximum Gasteiger partial charge on any atom is 0.191 e. The van der Waals surface area contributed by atoms with Crippen LogP contribution in [0.4, 0.5) is 0 Å². The minimum Gasteiger partial charge on any atom is -0.393 e. The van der Waals surface area contributed by atoms with Crippen LogP contribution in [0, 0.1) is 0 Å². The van der Waals surface area contributed by atoms with Gasteiger partial charge in [0.05, 0.1) is 13.2 Å². The molecule has 4 atom stereocenters. The van der Waals surface area contributed by atoms with Gasteiger partial charge in [-0.2, -0.15) is 0 Å². The van der Waals surface area contributed by atoms with Gasteiger partial charge in [0.1, 0.15) is 12.2 Å². The van der Waals surface area contributed by atoms with Crippen molar-refractivity contribution in [1.29, 1.82) is 0 Å². The molecule has 1 saturated heterocycles. The van der Waals surface area contributed by atoms with Gasteiger partial charge in [0.25, 0.3) is 0 Å². The molecule has 1 heterocycles. The zero-order chi connectivity index (χ0) is 10.1. The van der Waals surface area contributed by atoms with Crippen molar-refractivity contribution in [3.63, 3.8) is 0 Å². The van der Waals surface area contributed by atoms with Gasteiger partial charge in [-0.1, -0.05) is 0 Å². The second-order valence-electron chi connectivity index (χ2n) is 3.06. The van der Waals surface area contributed by atoms with E-state index >= 15 is 0 Å². The first-order chi connectivity index (χ1) is 6.06. The highest BCUT2D eigenvalue weighted by Crippen LogP contribution is 2.26. The molecule has 6 nitrogen and oxygen atoms in total. The van der Waals surface area contributed by atoms with Crippen molar-refractivity contribution in [2.45, 2.75) is 24.1 Å². The van der Waals surface area contributed by atoms with Gasteiger partial charge in [-0.05, 0) is 0 Å². The summed E-state index contributed by atoms with van der Waals surface area (Å²) in [6, 6.07) is 0. The van der Waals surface area contributed by atoms with Crippen molar-refractivity contribution < 1.29 is 29.9 Å². The van der Waals surface area contributed by atoms with Gasteiger partial charge < -0.3 is 29.9 Å². The monoisotopic (exact) mass is 194 g/mol. The molecule has 0 aromatic carbocycles. The summed E-state index contributed by atoms with van der Waals surface area (Å²) in [6.07, 6.45) is -3.82. The molecule has 0 amide bonds. The van der Waals surface area contributed by atoms with Crippen molar-refractivity contribution in [3.05, 3.63) is 0 Å². The Morgan fingerprint density at radius 2 is 2.15 bits per heavy atom. The molecule has 1 fully saturated rings. The van der Waals surface area contributed by atoms with E-state index in [2.05, 4.69) is 0 Å². The van der Waals surface area contributed by atoms with Gasteiger partial charge >= 0.3 is 0 Å². The minimum atomic E-state index is -1.97. The number of hydrogen-bond donors (Lipinski definition) is 4. The summed E-state index contributed by atoms with van der Waals surface area (Å²) < 4.78 is 9.59. The normalized spacial score (nSPS) is 46.4. The number of rotatable bonds is 2. The first-order valence-electron chi connectivity index (χ1n) is 3.90. The fourth-order valence-corrected chi connectivity index (χ4v) is 1.33. The predicted molar refractivity (Wildman–Crippen MR) is 40.8 cm³/mol. The van der Waals surface area contributed by atoms with Gasteiger partial charge in [0, 0.05) is 7.11 Å². The van der Waals surface area contributed by atoms with Crippen LogP contribution in [0.3, 0.4) is 0 Å². The van der Waals surface area contributed by atoms with Crippen LogP contribution >= 0.6 is 0 Å². The van der Waals surface area contributed by atoms with Crippen molar-refractivity contribution in [2.75, 3.05) is 20.3 Å². The van der Waals surface area contributed by atoms with Crippen LogP contribution in [-0.4, -0.2) is 64.8 Å². The molecule has 78 valence electrons. The third kappa shape index (κ3) is 1.69. The van der Waals surface area contributed by atoms with Crippen LogP contribution < -0.4 is 0 Å². The Hall–Kier alpha value is -0.240. The molecule has 1 rings (SSSR count). The lowest BCUT2D eigenvalue weighted by Crippen LogP contribution is -2.65. The fraction of sp³-hybridized carbons (Fsp3) is 1.00. The lowest BCUT2D eigenvalue weighted by atomic mass is 9.90. The molecule has 1 aliphatic heterocycles. The molecule has 0 spiro atoms. The van der Waals surface area contributed by atoms with Gasteiger partial charge in [0.2, 0.25) is 0 Å². The molecule has 0 bridgehead atoms. The van der Waals surface area contributed by atoms with Crippen molar-refractivity contribution in [1.82, 2.24) is 0 Å². The van der Waals surface area contributed by atoms with Crippen LogP contribution in [0.2, 0.25) is 0 Å². The van der Waals surface area contributed by atoms with Crippen molar-refractivity contribution in [3.8, 4) is 0 Å². The van der Waals surface area contributed by atoms with E-state index < -0.39 is 30.7 Å². The van der Waals surface area contributed by atoms with Crippen LogP contribution in [-0.2, 0) is 9.47 Å². The Morgan fingerprint density at radius 1 is 1.54 bits per heavy atom. The second-order valence-corrected chi connectivity index (χ2v) is 3.06. The van der Waals surface area contributed by atoms with Crippen molar-refractivity contribution >= 4 is 0 Å². The van der Waals surface area contributed by atoms with Gasteiger partial charge in [-0.15, -0.1) is 0 Å². The van der Waals surface area contributed by atoms with E-state index in [-0.39, 0.29) is 6.61 Å². The zero-order valence-electron chi connectivity index (χ0n) is 7.25. The topological polar surface area (TPSA) is 99.4 Å². The number of methoxy groups -OCH3 is 1. The SMILES string of the molecule is CO[C@@H]1OC[C@@H](O)[C@@H](O)[C@]1(O)CO. The standard InChI is InChI=1S/C7H14O6/c1-12-6-7(11,3-8)5(10)4(9)2-13-6/h4-6,8-11H,2-3H2,1H3/t4-,5-,6-,7-/m1/s1. The number of ether oxygens (including phenoxy) is 2. The third-order valence-electron chi connectivity index (χ3n) is 2.17. The molecule has 4 N–H and O–H groups in total. The molecule has 1 aliphatic rings. The smallest absolute Gasteiger partial charge is 0.191 e. The Bertz CT molecular complexity index is 170. The van der Waals surface area contributed by atoms with E-state index in [0.717, 1.165) is 0 Å². The Balaban J connectivity index is 2.80. The summed E-state index contributed by atoms with van der Waals surface area (Å²) in [4.78, 5) is 0. The summed E-state index contributed by atoms with van der Waals surface area (Å²) in [5.74, 6) is 0. The summed E-state index contributed by atoms with van der Waals surface area (Å²) in [7, 11) is 1.27. The number of aliphatic hydroxyl groups is 4. The van der Waals surface area contributed by atoms with Crippen LogP contribution in [0.25, 0.3) is 0 Å². The molecule has 13 heavy (non-hydrogen) atoms. The van der Waals surface area contributed by atoms with Crippen LogP contribution in [0.15, 0.2) is 0 Å². The summed E-state index contributed by atoms with van der Waals surface area (Å²) in [5.41, 5.74) is -1.97. The molecule has 6 heteroatoms. The third-order valence-corrected chi connectivity index (χ3v) is 2.17. The second kappa shape index (κ2) is 3.87. The highest BCUT2D eigenvalue weighted by molar-refractivity contribution is 4.96. The molecular weight excluding hydrogens is 180 g/mol. The maximum atomic E-state index is 9.67. The lowest BCUT2D eigenvalue weighted by Gasteiger charge is -2.43. The van der Waals surface area contributed by atoms with E-state index in [0.29, 0.717) is 0 Å². The van der Waals surface area contributed by atoms with Crippen LogP contribution in [0.5, 0.6) is 0 Å². The van der Waals surface area contributed by atoms with E-state index in [1.807, 2.05) is 0 Å². The Kier molecular flexibility index (Phi) is 3.23. The zero-order valence-corrected chi connectivity index (χ0v) is 7.25. The van der Waals surface area contributed by atoms with Gasteiger partial charge in [-0.25, -0.2) is 0 Å².